The molecular weight excluding hydrogens is 661 g/mol. The zero-order valence-corrected chi connectivity index (χ0v) is 33.1. The van der Waals surface area contributed by atoms with Crippen molar-refractivity contribution < 1.29 is 19.1 Å². The second-order valence-electron chi connectivity index (χ2n) is 17.7. The van der Waals surface area contributed by atoms with Crippen molar-refractivity contribution in [2.45, 2.75) is 121 Å². The molecule has 0 saturated heterocycles. The number of carbonyl (C=O) groups excluding carboxylic acids is 2. The molecule has 3 aliphatic rings. The van der Waals surface area contributed by atoms with Gasteiger partial charge in [0.05, 0.1) is 30.8 Å². The van der Waals surface area contributed by atoms with Crippen LogP contribution in [0.2, 0.25) is 0 Å². The van der Waals surface area contributed by atoms with Gasteiger partial charge in [0.1, 0.15) is 5.82 Å². The van der Waals surface area contributed by atoms with Crippen LogP contribution in [0.15, 0.2) is 67.8 Å². The number of nitrogens with zero attached hydrogens (tertiary/aromatic N) is 4. The fraction of sp³-hybridized carbons (Fsp3) is 0.467. The smallest absolute Gasteiger partial charge is 0.341 e. The lowest BCUT2D eigenvalue weighted by Crippen LogP contribution is -2.34. The Hall–Kier alpha value is -4.72. The minimum absolute atomic E-state index is 0.110. The van der Waals surface area contributed by atoms with Gasteiger partial charge in [-0.3, -0.25) is 0 Å². The predicted molar refractivity (Wildman–Crippen MR) is 208 cm³/mol. The second-order valence-corrected chi connectivity index (χ2v) is 17.7. The van der Waals surface area contributed by atoms with E-state index in [1.807, 2.05) is 0 Å². The minimum Gasteiger partial charge on any atom is -0.465 e. The van der Waals surface area contributed by atoms with Gasteiger partial charge in [-0.25, -0.2) is 29.5 Å². The number of carbonyl (C=O) groups is 2. The Morgan fingerprint density at radius 1 is 0.547 bits per heavy atom. The highest BCUT2D eigenvalue weighted by Gasteiger charge is 2.50. The Labute approximate surface area is 314 Å². The van der Waals surface area contributed by atoms with Gasteiger partial charge in [-0.05, 0) is 93.6 Å². The van der Waals surface area contributed by atoms with Gasteiger partial charge >= 0.3 is 11.9 Å². The number of aromatic nitrogens is 4. The molecule has 0 unspecified atom stereocenters. The third-order valence-electron chi connectivity index (χ3n) is 12.2. The quantitative estimate of drug-likeness (QED) is 0.182. The molecule has 0 radical (unpaired) electrons. The van der Waals surface area contributed by atoms with Gasteiger partial charge in [-0.1, -0.05) is 98.4 Å². The molecule has 1 fully saturated rings. The van der Waals surface area contributed by atoms with Crippen LogP contribution in [0.4, 0.5) is 0 Å². The Bertz CT molecular complexity index is 2060. The number of esters is 2. The average molecular weight is 715 g/mol. The lowest BCUT2D eigenvalue weighted by molar-refractivity contribution is 0.0590. The molecule has 0 aliphatic heterocycles. The molecule has 53 heavy (non-hydrogen) atoms. The summed E-state index contributed by atoms with van der Waals surface area (Å²) in [5.74, 6) is 0.484. The fourth-order valence-electron chi connectivity index (χ4n) is 8.06. The third kappa shape index (κ3) is 7.17. The second kappa shape index (κ2) is 13.6. The molecule has 8 heteroatoms. The van der Waals surface area contributed by atoms with E-state index in [-0.39, 0.29) is 27.1 Å². The summed E-state index contributed by atoms with van der Waals surface area (Å²) >= 11 is 0. The Morgan fingerprint density at radius 3 is 1.42 bits per heavy atom. The number of methoxy groups -OCH3 is 2. The lowest BCUT2D eigenvalue weighted by Gasteiger charge is -2.42. The number of hydrogen-bond acceptors (Lipinski definition) is 8. The Balaban J connectivity index is 0.000000182. The first-order chi connectivity index (χ1) is 24.8. The number of fused-ring (bicyclic) bond motifs is 2. The molecule has 2 heterocycles. The average Bonchev–Trinajstić information content (AvgIpc) is 3.97. The molecule has 278 valence electrons. The van der Waals surface area contributed by atoms with Crippen LogP contribution in [-0.4, -0.2) is 46.1 Å². The number of rotatable bonds is 6. The summed E-state index contributed by atoms with van der Waals surface area (Å²) in [6, 6.07) is 13.6. The van der Waals surface area contributed by atoms with Crippen molar-refractivity contribution in [3.63, 3.8) is 0 Å². The van der Waals surface area contributed by atoms with E-state index < -0.39 is 11.9 Å². The van der Waals surface area contributed by atoms with Crippen LogP contribution in [0.25, 0.3) is 5.57 Å². The van der Waals surface area contributed by atoms with E-state index in [9.17, 15) is 9.59 Å². The summed E-state index contributed by atoms with van der Waals surface area (Å²) in [5, 5.41) is 0. The highest BCUT2D eigenvalue weighted by atomic mass is 16.5. The summed E-state index contributed by atoms with van der Waals surface area (Å²) in [6.45, 7) is 22.8. The largest absolute Gasteiger partial charge is 0.465 e. The van der Waals surface area contributed by atoms with Crippen LogP contribution in [0.5, 0.6) is 0 Å². The van der Waals surface area contributed by atoms with Crippen molar-refractivity contribution in [1.82, 2.24) is 19.9 Å². The summed E-state index contributed by atoms with van der Waals surface area (Å²) in [6.07, 6.45) is 13.0. The molecule has 0 N–H and O–H groups in total. The van der Waals surface area contributed by atoms with Crippen molar-refractivity contribution in [1.29, 1.82) is 0 Å². The summed E-state index contributed by atoms with van der Waals surface area (Å²) < 4.78 is 9.43. The van der Waals surface area contributed by atoms with E-state index >= 15 is 0 Å². The van der Waals surface area contributed by atoms with E-state index in [1.165, 1.54) is 73.7 Å². The Kier molecular flexibility index (Phi) is 9.76. The molecule has 7 rings (SSSR count). The minimum atomic E-state index is -0.445. The van der Waals surface area contributed by atoms with Gasteiger partial charge in [-0.15, -0.1) is 0 Å². The van der Waals surface area contributed by atoms with Gasteiger partial charge in [-0.2, -0.15) is 0 Å². The molecule has 1 saturated carbocycles. The molecule has 8 nitrogen and oxygen atoms in total. The number of hydrogen-bond donors (Lipinski definition) is 0. The lowest BCUT2D eigenvalue weighted by atomic mass is 9.62. The van der Waals surface area contributed by atoms with Gasteiger partial charge in [0.15, 0.2) is 5.82 Å². The van der Waals surface area contributed by atoms with Crippen molar-refractivity contribution >= 4 is 17.5 Å². The summed E-state index contributed by atoms with van der Waals surface area (Å²) in [5.41, 5.74) is 10.1. The Morgan fingerprint density at radius 2 is 0.962 bits per heavy atom. The molecule has 0 spiro atoms. The monoisotopic (exact) mass is 714 g/mol. The van der Waals surface area contributed by atoms with Crippen molar-refractivity contribution in [3.8, 4) is 0 Å². The standard InChI is InChI=1S/C23H28N2O2.C22H26N2O2/c1-21(2)8-9-22(3,4)18-12-16(6-7-17(18)21)23(10-11-23)20-24-13-15(14-25-20)19(26)27-5;1-14(19-23-12-16(13-24-19)20(25)26-6)15-7-8-17-18(11-15)22(4,5)10-9-21(17,2)3/h6-7,12-14H,8-11H2,1-5H3;7-8,11-13H,1,9-10H2,2-6H3. The van der Waals surface area contributed by atoms with E-state index in [0.29, 0.717) is 17.0 Å². The van der Waals surface area contributed by atoms with Crippen LogP contribution in [-0.2, 0) is 36.5 Å². The van der Waals surface area contributed by atoms with Crippen molar-refractivity contribution in [2.75, 3.05) is 14.2 Å². The first-order valence-electron chi connectivity index (χ1n) is 18.7. The maximum atomic E-state index is 11.7. The van der Waals surface area contributed by atoms with E-state index in [4.69, 9.17) is 4.74 Å². The topological polar surface area (TPSA) is 104 Å². The first-order valence-corrected chi connectivity index (χ1v) is 18.7. The van der Waals surface area contributed by atoms with E-state index in [1.54, 1.807) is 12.4 Å². The normalized spacial score (nSPS) is 19.3. The zero-order chi connectivity index (χ0) is 38.6. The molecule has 2 aromatic carbocycles. The summed E-state index contributed by atoms with van der Waals surface area (Å²) in [4.78, 5) is 40.8. The third-order valence-corrected chi connectivity index (χ3v) is 12.2. The molecule has 0 bridgehead atoms. The highest BCUT2D eigenvalue weighted by Crippen LogP contribution is 2.54. The van der Waals surface area contributed by atoms with Gasteiger partial charge < -0.3 is 9.47 Å². The molecular formula is C45H54N4O4. The van der Waals surface area contributed by atoms with Crippen molar-refractivity contribution in [3.05, 3.63) is 124 Å². The SMILES string of the molecule is C=C(c1ccc2c(c1)C(C)(C)CCC2(C)C)c1ncc(C(=O)OC)cn1.COC(=O)c1cnc(C2(c3ccc4c(c3)C(C)(C)CCC4(C)C)CC2)nc1. The highest BCUT2D eigenvalue weighted by molar-refractivity contribution is 5.89. The number of ether oxygens (including phenoxy) is 2. The van der Waals surface area contributed by atoms with Gasteiger partial charge in [0, 0.05) is 30.4 Å². The first kappa shape index (κ1) is 38.0. The van der Waals surface area contributed by atoms with Gasteiger partial charge in [0.2, 0.25) is 0 Å². The maximum absolute atomic E-state index is 11.7. The fourth-order valence-corrected chi connectivity index (χ4v) is 8.06. The molecule has 0 atom stereocenters. The molecule has 0 amide bonds. The van der Waals surface area contributed by atoms with Crippen LogP contribution < -0.4 is 0 Å². The maximum Gasteiger partial charge on any atom is 0.341 e. The van der Waals surface area contributed by atoms with E-state index in [2.05, 4.69) is 123 Å². The number of benzene rings is 2. The predicted octanol–water partition coefficient (Wildman–Crippen LogP) is 9.37. The zero-order valence-electron chi connectivity index (χ0n) is 33.1. The van der Waals surface area contributed by atoms with Gasteiger partial charge in [0.25, 0.3) is 0 Å². The van der Waals surface area contributed by atoms with Crippen LogP contribution >= 0.6 is 0 Å². The van der Waals surface area contributed by atoms with Crippen LogP contribution in [0.3, 0.4) is 0 Å². The van der Waals surface area contributed by atoms with E-state index in [0.717, 1.165) is 36.2 Å². The summed E-state index contributed by atoms with van der Waals surface area (Å²) in [7, 11) is 2.71. The van der Waals surface area contributed by atoms with Crippen molar-refractivity contribution in [2.24, 2.45) is 0 Å². The molecule has 3 aliphatic carbocycles. The van der Waals surface area contributed by atoms with Crippen LogP contribution in [0.1, 0.15) is 160 Å². The molecule has 2 aromatic heterocycles. The van der Waals surface area contributed by atoms with Crippen LogP contribution in [0, 0.1) is 0 Å². The molecule has 4 aromatic rings.